The molecule has 6 amide bonds. The number of nitrogens with zero attached hydrogens (tertiary/aromatic N) is 9. The van der Waals surface area contributed by atoms with Crippen LogP contribution in [0.4, 0.5) is 34.1 Å². The number of rotatable bonds is 19. The first-order valence-corrected chi connectivity index (χ1v) is 49.4. The molecule has 1 unspecified atom stereocenters. The number of carbonyl (C=O) groups excluding carboxylic acids is 7. The van der Waals surface area contributed by atoms with Gasteiger partial charge in [-0.1, -0.05) is 141 Å². The lowest BCUT2D eigenvalue weighted by molar-refractivity contribution is -0.124. The van der Waals surface area contributed by atoms with Gasteiger partial charge in [0.25, 0.3) is 39.6 Å². The summed E-state index contributed by atoms with van der Waals surface area (Å²) in [5.41, 5.74) is 16.2. The second-order valence-electron chi connectivity index (χ2n) is 37.9. The molecule has 135 heavy (non-hydrogen) atoms. The Morgan fingerprint density at radius 2 is 1.22 bits per heavy atom. The Kier molecular flexibility index (Phi) is 31.0. The monoisotopic (exact) mass is 1880 g/mol. The fourth-order valence-electron chi connectivity index (χ4n) is 19.5. The molecule has 8 heterocycles. The number of fused-ring (bicyclic) bond motifs is 6. The molecule has 2 atom stereocenters. The van der Waals surface area contributed by atoms with Crippen molar-refractivity contribution in [1.29, 1.82) is 0 Å². The van der Waals surface area contributed by atoms with E-state index in [-0.39, 0.29) is 69.4 Å². The Labute approximate surface area is 803 Å². The Balaban J connectivity index is 0.000000139. The SMILES string of the molecule is CC(C)NC(=O)C[C@H]1CCCN(C(=O)c2ccc(N3CCCC3)cc2Cl)c2ccccc21.COc1cc(C(=O)CC(C)(C)C)ccc1S(=O)(=O)N1C(=O)C2(CCC(OCCN3CCOCC3)CC2)c2cc(C)ccc21.Cc1ccccc1C(=O)Nc1ccc(C(=O)N2CCCC(C)c3ccccc32)c(C)c1.Cc1ccn(-c2ccc(C(=O)N3Cc4cccn4Cc4ccccc43)c(Cl)c2)n1. The summed E-state index contributed by atoms with van der Waals surface area (Å²) in [7, 11) is -2.98. The fourth-order valence-corrected chi connectivity index (χ4v) is 21.7. The van der Waals surface area contributed by atoms with E-state index in [0.29, 0.717) is 120 Å². The van der Waals surface area contributed by atoms with E-state index in [1.807, 2.05) is 241 Å². The summed E-state index contributed by atoms with van der Waals surface area (Å²) in [4.78, 5) is 103. The van der Waals surface area contributed by atoms with Crippen molar-refractivity contribution in [2.24, 2.45) is 5.41 Å². The molecule has 706 valence electrons. The van der Waals surface area contributed by atoms with E-state index in [9.17, 15) is 42.0 Å². The van der Waals surface area contributed by atoms with Crippen molar-refractivity contribution in [3.63, 3.8) is 0 Å². The molecule has 0 bridgehead atoms. The molecule has 11 aromatic rings. The third-order valence-electron chi connectivity index (χ3n) is 26.6. The molecule has 6 aliphatic heterocycles. The second kappa shape index (κ2) is 42.9. The summed E-state index contributed by atoms with van der Waals surface area (Å²) in [6, 6.07) is 64.4. The second-order valence-corrected chi connectivity index (χ2v) is 40.5. The zero-order chi connectivity index (χ0) is 95.6. The smallest absolute Gasteiger partial charge is 0.274 e. The van der Waals surface area contributed by atoms with Crippen molar-refractivity contribution < 1.29 is 56.2 Å². The minimum absolute atomic E-state index is 0.0100. The number of ketones is 1. The number of aromatic nitrogens is 3. The summed E-state index contributed by atoms with van der Waals surface area (Å²) in [6.45, 7) is 29.2. The number of halogens is 2. The average molecular weight is 1880 g/mol. The third kappa shape index (κ3) is 22.4. The van der Waals surface area contributed by atoms with E-state index in [0.717, 1.165) is 156 Å². The summed E-state index contributed by atoms with van der Waals surface area (Å²) in [6.07, 6.45) is 13.2. The van der Waals surface area contributed by atoms with Crippen molar-refractivity contribution in [1.82, 2.24) is 24.6 Å². The number of benzene rings is 9. The molecule has 0 radical (unpaired) electrons. The van der Waals surface area contributed by atoms with Crippen LogP contribution in [0.2, 0.25) is 10.0 Å². The Hall–Kier alpha value is -12.0. The summed E-state index contributed by atoms with van der Waals surface area (Å²) >= 11 is 13.2. The lowest BCUT2D eigenvalue weighted by Gasteiger charge is -2.36. The number of para-hydroxylation sites is 3. The maximum absolute atomic E-state index is 14.3. The van der Waals surface area contributed by atoms with Gasteiger partial charge in [0.1, 0.15) is 10.6 Å². The first-order valence-electron chi connectivity index (χ1n) is 47.2. The quantitative estimate of drug-likeness (QED) is 0.0715. The molecule has 2 saturated heterocycles. The van der Waals surface area contributed by atoms with Crippen molar-refractivity contribution in [2.45, 2.75) is 194 Å². The topological polar surface area (TPSA) is 248 Å². The van der Waals surface area contributed by atoms with Gasteiger partial charge in [-0.2, -0.15) is 5.10 Å². The molecule has 7 aliphatic rings. The van der Waals surface area contributed by atoms with Crippen molar-refractivity contribution in [3.05, 3.63) is 307 Å². The molecule has 26 heteroatoms. The van der Waals surface area contributed by atoms with Crippen LogP contribution in [0, 0.1) is 33.1 Å². The minimum atomic E-state index is -4.35. The maximum atomic E-state index is 14.3. The zero-order valence-electron chi connectivity index (χ0n) is 79.2. The summed E-state index contributed by atoms with van der Waals surface area (Å²) in [5, 5.41) is 11.3. The first-order chi connectivity index (χ1) is 64.8. The Bertz CT molecular complexity index is 6320. The minimum Gasteiger partial charge on any atom is -0.495 e. The molecule has 2 aromatic heterocycles. The number of nitrogens with one attached hydrogen (secondary N) is 2. The van der Waals surface area contributed by atoms with E-state index >= 15 is 0 Å². The lowest BCUT2D eigenvalue weighted by atomic mass is 9.69. The molecular weight excluding hydrogens is 1760 g/mol. The predicted octanol–water partition coefficient (Wildman–Crippen LogP) is 21.2. The van der Waals surface area contributed by atoms with E-state index in [1.54, 1.807) is 22.9 Å². The zero-order valence-corrected chi connectivity index (χ0v) is 81.5. The standard InChI is InChI=1S/C33H44N2O7S.C27H28N2O2.C26H32ClN3O2.C23H19ClN4O/c1-23-6-8-27-26(20-23)33(12-10-25(11-13-33)42-19-16-34-14-17-41-18-15-34)31(37)35(27)43(38,39)30-9-7-24(21-29(30)40-5)28(36)22-32(2,3)4;1-18-10-8-16-29(25-13-7-6-11-22(18)25)27(31)24-15-14-21(17-20(24)3)28-26(30)23-12-5-4-9-19(23)2;1-18(2)28-25(31)16-19-8-7-15-30(24-10-4-3-9-21(19)24)26(32)22-12-11-20(17-23(22)27)29-13-5-6-14-29;1-16-10-12-28(25-16)18-8-9-20(21(24)13-18)23(29)27-15-19-6-4-11-26(19)14-17-5-2-3-7-22(17)27/h6-9,20-21,25H,10-19,22H2,1-5H3;4-7,9,11-15,17-18H,8,10,16H2,1-3H3,(H,28,30);3-4,9-12,17-19H,5-8,13-16H2,1-2H3,(H,28,31);2-13H,14-15H2,1H3/t;;19-;/m..1./s1. The van der Waals surface area contributed by atoms with Crippen LogP contribution in [0.3, 0.4) is 0 Å². The normalized spacial score (nSPS) is 18.1. The highest BCUT2D eigenvalue weighted by Gasteiger charge is 2.56. The number of methoxy groups -OCH3 is 1. The van der Waals surface area contributed by atoms with Crippen LogP contribution in [0.1, 0.15) is 233 Å². The highest BCUT2D eigenvalue weighted by molar-refractivity contribution is 7.93. The van der Waals surface area contributed by atoms with Crippen LogP contribution < -0.4 is 39.3 Å². The number of sulfonamides is 1. The molecule has 23 nitrogen and oxygen atoms in total. The van der Waals surface area contributed by atoms with Crippen LogP contribution in [-0.2, 0) is 47.6 Å². The summed E-state index contributed by atoms with van der Waals surface area (Å²) in [5.74, 6) is -0.235. The van der Waals surface area contributed by atoms with E-state index in [4.69, 9.17) is 37.4 Å². The predicted molar refractivity (Wildman–Crippen MR) is 535 cm³/mol. The molecule has 1 saturated carbocycles. The number of anilines is 6. The van der Waals surface area contributed by atoms with Gasteiger partial charge < -0.3 is 49.0 Å². The maximum Gasteiger partial charge on any atom is 0.274 e. The van der Waals surface area contributed by atoms with E-state index in [1.165, 1.54) is 43.7 Å². The van der Waals surface area contributed by atoms with Crippen LogP contribution in [0.5, 0.6) is 5.75 Å². The van der Waals surface area contributed by atoms with Crippen molar-refractivity contribution in [2.75, 3.05) is 102 Å². The molecule has 1 spiro atoms. The molecule has 2 N–H and O–H groups in total. The van der Waals surface area contributed by atoms with Crippen LogP contribution in [0.25, 0.3) is 5.69 Å². The van der Waals surface area contributed by atoms with Gasteiger partial charge >= 0.3 is 0 Å². The molecule has 9 aromatic carbocycles. The Morgan fingerprint density at radius 1 is 0.593 bits per heavy atom. The number of ether oxygens (including phenoxy) is 3. The molecule has 18 rings (SSSR count). The largest absolute Gasteiger partial charge is 0.495 e. The number of carbonyl (C=O) groups is 7. The van der Waals surface area contributed by atoms with Crippen molar-refractivity contribution in [3.8, 4) is 11.4 Å². The van der Waals surface area contributed by atoms with Gasteiger partial charge in [-0.15, -0.1) is 0 Å². The average Bonchev–Trinajstić information content (AvgIpc) is 1.55. The van der Waals surface area contributed by atoms with Gasteiger partial charge in [0.15, 0.2) is 5.78 Å². The van der Waals surface area contributed by atoms with Gasteiger partial charge in [0.05, 0.1) is 83.2 Å². The number of amides is 6. The van der Waals surface area contributed by atoms with Gasteiger partial charge in [0, 0.05) is 134 Å². The number of Topliss-reactive ketones (excluding diaryl/α,β-unsaturated/α-hetero) is 1. The van der Waals surface area contributed by atoms with Crippen molar-refractivity contribution >= 4 is 109 Å². The molecule has 1 aliphatic carbocycles. The number of hydrogen-bond donors (Lipinski definition) is 2. The number of hydrogen-bond acceptors (Lipinski definition) is 15. The highest BCUT2D eigenvalue weighted by Crippen LogP contribution is 2.53. The van der Waals surface area contributed by atoms with Gasteiger partial charge in [-0.05, 0) is 278 Å². The summed E-state index contributed by atoms with van der Waals surface area (Å²) < 4.78 is 50.6. The van der Waals surface area contributed by atoms with E-state index in [2.05, 4.69) is 55.2 Å². The van der Waals surface area contributed by atoms with Crippen LogP contribution in [0.15, 0.2) is 224 Å². The van der Waals surface area contributed by atoms with Gasteiger partial charge in [-0.3, -0.25) is 38.5 Å². The fraction of sp³-hybridized carbons (Fsp3) is 0.376. The number of morpholine rings is 1. The molecular formula is C109H123Cl2N11O12S. The highest BCUT2D eigenvalue weighted by atomic mass is 35.5. The van der Waals surface area contributed by atoms with Gasteiger partial charge in [-0.25, -0.2) is 17.4 Å². The Morgan fingerprint density at radius 3 is 1.89 bits per heavy atom. The van der Waals surface area contributed by atoms with Crippen LogP contribution >= 0.6 is 23.2 Å². The third-order valence-corrected chi connectivity index (χ3v) is 29.0. The number of aryl methyl sites for hydroxylation is 4. The first kappa shape index (κ1) is 97.5. The van der Waals surface area contributed by atoms with E-state index < -0.39 is 21.3 Å². The van der Waals surface area contributed by atoms with Gasteiger partial charge in [0.2, 0.25) is 5.91 Å². The molecule has 3 fully saturated rings. The lowest BCUT2D eigenvalue weighted by Crippen LogP contribution is -2.46. The van der Waals surface area contributed by atoms with Crippen LogP contribution in [-0.4, -0.2) is 154 Å².